The van der Waals surface area contributed by atoms with Crippen molar-refractivity contribution in [2.24, 2.45) is 0 Å². The number of likely N-dealkylation sites (tertiary alicyclic amines) is 1. The lowest BCUT2D eigenvalue weighted by atomic mass is 10.1. The Hall–Kier alpha value is -3.61. The first-order valence-electron chi connectivity index (χ1n) is 10.9. The highest BCUT2D eigenvalue weighted by atomic mass is 35.5. The van der Waals surface area contributed by atoms with Gasteiger partial charge >= 0.3 is 18.1 Å². The van der Waals surface area contributed by atoms with Gasteiger partial charge in [-0.3, -0.25) is 25.1 Å². The quantitative estimate of drug-likeness (QED) is 0.163. The zero-order chi connectivity index (χ0) is 28.0. The number of carbonyl (C=O) groups is 4. The second-order valence-electron chi connectivity index (χ2n) is 8.04. The Morgan fingerprint density at radius 3 is 2.29 bits per heavy atom. The van der Waals surface area contributed by atoms with Crippen molar-refractivity contribution in [2.45, 2.75) is 35.5 Å². The van der Waals surface area contributed by atoms with Gasteiger partial charge in [0.2, 0.25) is 5.91 Å². The predicted molar refractivity (Wildman–Crippen MR) is 136 cm³/mol. The highest BCUT2D eigenvalue weighted by Crippen LogP contribution is 2.44. The summed E-state index contributed by atoms with van der Waals surface area (Å²) in [4.78, 5) is 58.1. The maximum Gasteiger partial charge on any atom is 0.412 e. The first-order chi connectivity index (χ1) is 17.9. The highest BCUT2D eigenvalue weighted by Gasteiger charge is 2.62. The number of alkyl halides is 3. The van der Waals surface area contributed by atoms with Crippen LogP contribution in [-0.4, -0.2) is 62.3 Å². The number of carbonyl (C=O) groups excluding carboxylic acids is 4. The molecule has 0 aromatic heterocycles. The molecule has 38 heavy (non-hydrogen) atoms. The number of rotatable bonds is 7. The summed E-state index contributed by atoms with van der Waals surface area (Å²) in [6.07, 6.45) is -2.41. The Balaban J connectivity index is 1.81. The maximum atomic E-state index is 13.1. The molecule has 1 saturated heterocycles. The topological polar surface area (TPSA) is 157 Å². The molecule has 1 aliphatic heterocycles. The van der Waals surface area contributed by atoms with E-state index in [0.717, 1.165) is 11.8 Å². The van der Waals surface area contributed by atoms with E-state index >= 15 is 0 Å². The predicted octanol–water partition coefficient (Wildman–Crippen LogP) is 3.73. The molecule has 2 unspecified atom stereocenters. The van der Waals surface area contributed by atoms with E-state index in [9.17, 15) is 29.3 Å². The molecule has 0 bridgehead atoms. The monoisotopic (exact) mass is 586 g/mol. The zero-order valence-corrected chi connectivity index (χ0v) is 21.9. The Morgan fingerprint density at radius 1 is 1.08 bits per heavy atom. The van der Waals surface area contributed by atoms with Crippen LogP contribution < -0.4 is 10.6 Å². The molecule has 4 atom stereocenters. The van der Waals surface area contributed by atoms with Crippen LogP contribution >= 0.6 is 34.8 Å². The first kappa shape index (κ1) is 29.0. The summed E-state index contributed by atoms with van der Waals surface area (Å²) in [7, 11) is 0. The van der Waals surface area contributed by atoms with Crippen LogP contribution in [0.3, 0.4) is 0 Å². The molecule has 0 aliphatic carbocycles. The van der Waals surface area contributed by atoms with Crippen LogP contribution in [0.1, 0.15) is 22.8 Å². The number of nitrogens with one attached hydrogen (secondary N) is 2. The molecule has 1 aliphatic rings. The minimum absolute atomic E-state index is 0.150. The van der Waals surface area contributed by atoms with Crippen LogP contribution in [-0.2, 0) is 20.9 Å². The number of hydrogen-bond donors (Lipinski definition) is 2. The molecule has 0 saturated carbocycles. The van der Waals surface area contributed by atoms with Crippen molar-refractivity contribution in [1.82, 2.24) is 15.5 Å². The number of esters is 1. The van der Waals surface area contributed by atoms with E-state index in [1.165, 1.54) is 36.4 Å². The van der Waals surface area contributed by atoms with Gasteiger partial charge in [0.25, 0.3) is 5.69 Å². The molecule has 2 aromatic carbocycles. The van der Waals surface area contributed by atoms with Crippen molar-refractivity contribution in [2.75, 3.05) is 6.54 Å². The first-order valence-corrected chi connectivity index (χ1v) is 12.2. The number of nitro groups is 1. The van der Waals surface area contributed by atoms with Gasteiger partial charge in [0.15, 0.2) is 11.1 Å². The molecule has 1 fully saturated rings. The summed E-state index contributed by atoms with van der Waals surface area (Å²) in [5.74, 6) is -1.43. The van der Waals surface area contributed by atoms with Crippen molar-refractivity contribution in [1.29, 1.82) is 0 Å². The summed E-state index contributed by atoms with van der Waals surface area (Å²) in [6, 6.07) is 12.3. The molecule has 2 N–H and O–H groups in total. The van der Waals surface area contributed by atoms with E-state index in [-0.39, 0.29) is 17.9 Å². The third kappa shape index (κ3) is 6.63. The van der Waals surface area contributed by atoms with Gasteiger partial charge in [0.05, 0.1) is 17.0 Å². The van der Waals surface area contributed by atoms with Gasteiger partial charge in [-0.15, -0.1) is 11.6 Å². The van der Waals surface area contributed by atoms with Gasteiger partial charge in [0.1, 0.15) is 17.5 Å². The highest BCUT2D eigenvalue weighted by molar-refractivity contribution is 6.36. The maximum absolute atomic E-state index is 13.1. The number of urea groups is 1. The summed E-state index contributed by atoms with van der Waals surface area (Å²) in [5, 5.41) is 13.8. The van der Waals surface area contributed by atoms with Crippen molar-refractivity contribution in [3.8, 4) is 0 Å². The van der Waals surface area contributed by atoms with Crippen LogP contribution in [0.4, 0.5) is 15.3 Å². The SMILES string of the molecule is CC(=O)NC(=O)NC[C@]1(Cl)C(Cl)[C@@H](OC(=O)c2ccccc2)C(Cl)N1C(=O)OCc1ccc([N+](=O)[O-])cc1. The lowest BCUT2D eigenvalue weighted by molar-refractivity contribution is -0.384. The number of hydrogen-bond acceptors (Lipinski definition) is 8. The number of imide groups is 1. The molecule has 12 nitrogen and oxygen atoms in total. The summed E-state index contributed by atoms with van der Waals surface area (Å²) < 4.78 is 10.8. The lowest BCUT2D eigenvalue weighted by Crippen LogP contribution is -2.56. The Morgan fingerprint density at radius 2 is 1.71 bits per heavy atom. The Bertz CT molecular complexity index is 1220. The van der Waals surface area contributed by atoms with Crippen LogP contribution in [0.2, 0.25) is 0 Å². The summed E-state index contributed by atoms with van der Waals surface area (Å²) in [6.45, 7) is 0.284. The van der Waals surface area contributed by atoms with E-state index < -0.39 is 57.4 Å². The molecular formula is C23H21Cl3N4O8. The molecule has 3 rings (SSSR count). The number of nitro benzene ring substituents is 1. The third-order valence-electron chi connectivity index (χ3n) is 5.37. The van der Waals surface area contributed by atoms with E-state index in [4.69, 9.17) is 44.3 Å². The van der Waals surface area contributed by atoms with Gasteiger partial charge in [-0.2, -0.15) is 0 Å². The molecule has 15 heteroatoms. The van der Waals surface area contributed by atoms with Crippen molar-refractivity contribution in [3.63, 3.8) is 0 Å². The largest absolute Gasteiger partial charge is 0.453 e. The average Bonchev–Trinajstić information content (AvgIpc) is 3.06. The second kappa shape index (κ2) is 12.3. The number of amides is 4. The molecule has 1 heterocycles. The van der Waals surface area contributed by atoms with Gasteiger partial charge in [-0.1, -0.05) is 41.4 Å². The van der Waals surface area contributed by atoms with E-state index in [1.807, 2.05) is 5.32 Å². The average molecular weight is 588 g/mol. The molecule has 4 amide bonds. The van der Waals surface area contributed by atoms with Crippen LogP contribution in [0.5, 0.6) is 0 Å². The minimum Gasteiger partial charge on any atom is -0.453 e. The number of non-ortho nitro benzene ring substituents is 1. The zero-order valence-electron chi connectivity index (χ0n) is 19.6. The van der Waals surface area contributed by atoms with Gasteiger partial charge in [0, 0.05) is 19.1 Å². The standard InChI is InChI=1S/C23H21Cl3N4O8/c1-13(31)28-21(33)27-12-23(26)18(24)17(38-20(32)15-5-3-2-4-6-15)19(25)29(23)22(34)37-11-14-7-9-16(10-8-14)30(35)36/h2-10,17-19H,11-12H2,1H3,(H2,27,28,31,33)/t17-,18?,19?,23-/m1/s1. The number of nitrogens with zero attached hydrogens (tertiary/aromatic N) is 2. The smallest absolute Gasteiger partial charge is 0.412 e. The summed E-state index contributed by atoms with van der Waals surface area (Å²) in [5.41, 5.74) is -0.964. The summed E-state index contributed by atoms with van der Waals surface area (Å²) >= 11 is 19.8. The van der Waals surface area contributed by atoms with E-state index in [0.29, 0.717) is 5.56 Å². The van der Waals surface area contributed by atoms with Crippen molar-refractivity contribution < 1.29 is 33.6 Å². The number of halogens is 3. The van der Waals surface area contributed by atoms with Gasteiger partial charge in [-0.05, 0) is 29.8 Å². The second-order valence-corrected chi connectivity index (χ2v) is 9.61. The molecule has 0 radical (unpaired) electrons. The molecule has 2 aromatic rings. The Labute approximate surface area is 231 Å². The fourth-order valence-corrected chi connectivity index (χ4v) is 4.84. The Kier molecular flexibility index (Phi) is 9.36. The van der Waals surface area contributed by atoms with Crippen LogP contribution in [0, 0.1) is 10.1 Å². The third-order valence-corrected chi connectivity index (χ3v) is 7.09. The van der Waals surface area contributed by atoms with Crippen molar-refractivity contribution in [3.05, 3.63) is 75.8 Å². The van der Waals surface area contributed by atoms with E-state index in [1.54, 1.807) is 18.2 Å². The molecule has 202 valence electrons. The lowest BCUT2D eigenvalue weighted by Gasteiger charge is -2.34. The van der Waals surface area contributed by atoms with Gasteiger partial charge < -0.3 is 14.8 Å². The van der Waals surface area contributed by atoms with Gasteiger partial charge in [-0.25, -0.2) is 14.4 Å². The fourth-order valence-electron chi connectivity index (χ4n) is 3.53. The minimum atomic E-state index is -1.96. The van der Waals surface area contributed by atoms with Crippen LogP contribution in [0.15, 0.2) is 54.6 Å². The van der Waals surface area contributed by atoms with Crippen molar-refractivity contribution >= 4 is 64.5 Å². The van der Waals surface area contributed by atoms with Crippen LogP contribution in [0.25, 0.3) is 0 Å². The normalized spacial score (nSPS) is 22.3. The molecular weight excluding hydrogens is 567 g/mol. The molecule has 0 spiro atoms. The number of ether oxygens (including phenoxy) is 2. The van der Waals surface area contributed by atoms with E-state index in [2.05, 4.69) is 5.32 Å². The number of benzene rings is 2. The fraction of sp³-hybridized carbons (Fsp3) is 0.304.